The molecule has 4 heteroatoms. The van der Waals surface area contributed by atoms with Crippen molar-refractivity contribution >= 4 is 15.9 Å². The minimum absolute atomic E-state index is 0.0165. The second kappa shape index (κ2) is 5.05. The second-order valence-corrected chi connectivity index (χ2v) is 5.05. The van der Waals surface area contributed by atoms with Crippen LogP contribution >= 0.6 is 15.9 Å². The molecule has 0 aliphatic carbocycles. The highest BCUT2D eigenvalue weighted by Crippen LogP contribution is 2.16. The van der Waals surface area contributed by atoms with E-state index in [1.54, 1.807) is 12.1 Å². The largest absolute Gasteiger partial charge is 0.394 e. The van der Waals surface area contributed by atoms with E-state index in [2.05, 4.69) is 21.2 Å². The zero-order chi connectivity index (χ0) is 11.5. The summed E-state index contributed by atoms with van der Waals surface area (Å²) >= 11 is 3.29. The molecule has 15 heavy (non-hydrogen) atoms. The van der Waals surface area contributed by atoms with Crippen molar-refractivity contribution in [2.24, 2.45) is 0 Å². The van der Waals surface area contributed by atoms with Gasteiger partial charge in [0.25, 0.3) is 0 Å². The number of hydrogen-bond acceptors (Lipinski definition) is 2. The number of aliphatic hydroxyl groups excluding tert-OH is 1. The van der Waals surface area contributed by atoms with Crippen molar-refractivity contribution in [2.45, 2.75) is 25.9 Å². The molecule has 0 aliphatic rings. The van der Waals surface area contributed by atoms with Crippen molar-refractivity contribution in [3.8, 4) is 0 Å². The molecule has 0 heterocycles. The van der Waals surface area contributed by atoms with Crippen molar-refractivity contribution in [1.29, 1.82) is 0 Å². The zero-order valence-corrected chi connectivity index (χ0v) is 10.4. The smallest absolute Gasteiger partial charge is 0.127 e. The van der Waals surface area contributed by atoms with Gasteiger partial charge in [0.05, 0.1) is 6.61 Å². The number of nitrogens with one attached hydrogen (secondary N) is 1. The molecule has 2 N–H and O–H groups in total. The van der Waals surface area contributed by atoms with Gasteiger partial charge in [-0.15, -0.1) is 0 Å². The molecule has 0 radical (unpaired) electrons. The summed E-state index contributed by atoms with van der Waals surface area (Å²) in [4.78, 5) is 0. The monoisotopic (exact) mass is 275 g/mol. The Morgan fingerprint density at radius 3 is 2.73 bits per heavy atom. The van der Waals surface area contributed by atoms with Gasteiger partial charge < -0.3 is 10.4 Å². The molecule has 0 atom stereocenters. The highest BCUT2D eigenvalue weighted by atomic mass is 79.9. The van der Waals surface area contributed by atoms with Crippen LogP contribution in [0.5, 0.6) is 0 Å². The fourth-order valence-corrected chi connectivity index (χ4v) is 1.48. The Labute approximate surface area is 97.6 Å². The first-order valence-electron chi connectivity index (χ1n) is 4.74. The molecule has 2 nitrogen and oxygen atoms in total. The van der Waals surface area contributed by atoms with Gasteiger partial charge in [-0.25, -0.2) is 4.39 Å². The molecule has 0 saturated carbocycles. The molecule has 84 valence electrons. The highest BCUT2D eigenvalue weighted by molar-refractivity contribution is 9.10. The summed E-state index contributed by atoms with van der Waals surface area (Å²) in [6.45, 7) is 4.15. The first-order chi connectivity index (χ1) is 6.94. The highest BCUT2D eigenvalue weighted by Gasteiger charge is 2.15. The van der Waals surface area contributed by atoms with Crippen LogP contribution in [0.15, 0.2) is 22.7 Å². The van der Waals surface area contributed by atoms with E-state index >= 15 is 0 Å². The molecule has 1 aromatic rings. The third-order valence-electron chi connectivity index (χ3n) is 2.16. The van der Waals surface area contributed by atoms with Gasteiger partial charge in [-0.1, -0.05) is 15.9 Å². The van der Waals surface area contributed by atoms with Crippen LogP contribution in [0, 0.1) is 5.82 Å². The summed E-state index contributed by atoms with van der Waals surface area (Å²) < 4.78 is 14.2. The van der Waals surface area contributed by atoms with Crippen LogP contribution in [0.4, 0.5) is 4.39 Å². The Kier molecular flexibility index (Phi) is 4.25. The predicted molar refractivity (Wildman–Crippen MR) is 62.1 cm³/mol. The minimum atomic E-state index is -0.394. The molecule has 0 saturated heterocycles. The van der Waals surface area contributed by atoms with Crippen LogP contribution in [0.1, 0.15) is 19.4 Å². The summed E-state index contributed by atoms with van der Waals surface area (Å²) in [5.74, 6) is -0.237. The Bertz CT molecular complexity index is 341. The third-order valence-corrected chi connectivity index (χ3v) is 2.65. The van der Waals surface area contributed by atoms with Crippen LogP contribution in [0.25, 0.3) is 0 Å². The van der Waals surface area contributed by atoms with Gasteiger partial charge in [-0.05, 0) is 32.0 Å². The lowest BCUT2D eigenvalue weighted by molar-refractivity contribution is 0.187. The maximum absolute atomic E-state index is 13.3. The minimum Gasteiger partial charge on any atom is -0.394 e. The molecule has 0 bridgehead atoms. The lowest BCUT2D eigenvalue weighted by Gasteiger charge is -2.23. The van der Waals surface area contributed by atoms with E-state index < -0.39 is 5.54 Å². The molecular weight excluding hydrogens is 261 g/mol. The Morgan fingerprint density at radius 1 is 1.47 bits per heavy atom. The first-order valence-corrected chi connectivity index (χ1v) is 5.54. The van der Waals surface area contributed by atoms with Gasteiger partial charge in [-0.2, -0.15) is 0 Å². The van der Waals surface area contributed by atoms with Gasteiger partial charge in [0.1, 0.15) is 5.82 Å². The van der Waals surface area contributed by atoms with Crippen molar-refractivity contribution in [2.75, 3.05) is 6.61 Å². The fourth-order valence-electron chi connectivity index (χ4n) is 1.07. The van der Waals surface area contributed by atoms with Crippen LogP contribution in [-0.2, 0) is 6.54 Å². The number of hydrogen-bond donors (Lipinski definition) is 2. The summed E-state index contributed by atoms with van der Waals surface area (Å²) in [6.07, 6.45) is 0. The molecule has 0 amide bonds. The standard InChI is InChI=1S/C11H15BrFNO/c1-11(2,7-15)14-6-8-5-9(12)3-4-10(8)13/h3-5,14-15H,6-7H2,1-2H3. The quantitative estimate of drug-likeness (QED) is 0.885. The Balaban J connectivity index is 2.69. The van der Waals surface area contributed by atoms with Crippen LogP contribution in [-0.4, -0.2) is 17.3 Å². The molecular formula is C11H15BrFNO. The summed E-state index contributed by atoms with van der Waals surface area (Å²) in [6, 6.07) is 4.82. The Morgan fingerprint density at radius 2 is 2.13 bits per heavy atom. The molecule has 1 aromatic carbocycles. The van der Waals surface area contributed by atoms with Gasteiger partial charge in [0.2, 0.25) is 0 Å². The van der Waals surface area contributed by atoms with Crippen LogP contribution in [0.3, 0.4) is 0 Å². The molecule has 0 spiro atoms. The maximum atomic E-state index is 13.3. The average molecular weight is 276 g/mol. The number of aliphatic hydroxyl groups is 1. The molecule has 0 aromatic heterocycles. The van der Waals surface area contributed by atoms with Gasteiger partial charge in [0.15, 0.2) is 0 Å². The topological polar surface area (TPSA) is 32.3 Å². The first kappa shape index (κ1) is 12.6. The van der Waals surface area contributed by atoms with Crippen molar-refractivity contribution < 1.29 is 9.50 Å². The van der Waals surface area contributed by atoms with E-state index in [9.17, 15) is 4.39 Å². The van der Waals surface area contributed by atoms with E-state index in [4.69, 9.17) is 5.11 Å². The van der Waals surface area contributed by atoms with Crippen molar-refractivity contribution in [3.05, 3.63) is 34.1 Å². The average Bonchev–Trinajstić information content (AvgIpc) is 2.20. The van der Waals surface area contributed by atoms with E-state index in [1.165, 1.54) is 6.07 Å². The second-order valence-electron chi connectivity index (χ2n) is 4.13. The van der Waals surface area contributed by atoms with E-state index in [0.717, 1.165) is 4.47 Å². The van der Waals surface area contributed by atoms with Gasteiger partial charge in [-0.3, -0.25) is 0 Å². The summed E-state index contributed by atoms with van der Waals surface area (Å²) in [7, 11) is 0. The van der Waals surface area contributed by atoms with Crippen LogP contribution < -0.4 is 5.32 Å². The van der Waals surface area contributed by atoms with Crippen molar-refractivity contribution in [1.82, 2.24) is 5.32 Å². The number of benzene rings is 1. The van der Waals surface area contributed by atoms with Crippen molar-refractivity contribution in [3.63, 3.8) is 0 Å². The normalized spacial score (nSPS) is 11.8. The summed E-state index contributed by atoms with van der Waals surface area (Å²) in [5, 5.41) is 12.1. The lowest BCUT2D eigenvalue weighted by atomic mass is 10.1. The van der Waals surface area contributed by atoms with E-state index in [-0.39, 0.29) is 12.4 Å². The third kappa shape index (κ3) is 3.89. The Hall–Kier alpha value is -0.450. The molecule has 0 aliphatic heterocycles. The molecule has 0 fully saturated rings. The number of rotatable bonds is 4. The fraction of sp³-hybridized carbons (Fsp3) is 0.455. The molecule has 0 unspecified atom stereocenters. The predicted octanol–water partition coefficient (Wildman–Crippen LogP) is 2.45. The maximum Gasteiger partial charge on any atom is 0.127 e. The SMILES string of the molecule is CC(C)(CO)NCc1cc(Br)ccc1F. The number of halogens is 2. The van der Waals surface area contributed by atoms with Gasteiger partial charge >= 0.3 is 0 Å². The van der Waals surface area contributed by atoms with Gasteiger partial charge in [0, 0.05) is 22.1 Å². The molecule has 1 rings (SSSR count). The zero-order valence-electron chi connectivity index (χ0n) is 8.85. The summed E-state index contributed by atoms with van der Waals surface area (Å²) in [5.41, 5.74) is 0.195. The van der Waals surface area contributed by atoms with E-state index in [1.807, 2.05) is 13.8 Å². The lowest BCUT2D eigenvalue weighted by Crippen LogP contribution is -2.42. The van der Waals surface area contributed by atoms with E-state index in [0.29, 0.717) is 12.1 Å². The van der Waals surface area contributed by atoms with Crippen LogP contribution in [0.2, 0.25) is 0 Å².